The minimum absolute atomic E-state index is 0.0595. The fraction of sp³-hybridized carbons (Fsp3) is 0.0667. The number of alkyl halides is 2. The Kier molecular flexibility index (Phi) is 8.14. The van der Waals surface area contributed by atoms with Crippen LogP contribution in [0.1, 0.15) is 16.7 Å². The van der Waals surface area contributed by atoms with E-state index in [2.05, 4.69) is 23.2 Å². The molecule has 4 rings (SSSR count). The minimum Gasteiger partial charge on any atom is -0.490 e. The number of halogens is 8. The van der Waals surface area contributed by atoms with E-state index >= 15 is 0 Å². The van der Waals surface area contributed by atoms with Gasteiger partial charge in [-0.1, -0.05) is 24.5 Å². The Balaban J connectivity index is 1.54. The molecule has 0 radical (unpaired) electrons. The second-order valence-corrected chi connectivity index (χ2v) is 8.20. The minimum atomic E-state index is -4.38. The van der Waals surface area contributed by atoms with Gasteiger partial charge in [0.15, 0.2) is 17.5 Å². The van der Waals surface area contributed by atoms with Gasteiger partial charge < -0.3 is 9.47 Å². The highest BCUT2D eigenvalue weighted by Gasteiger charge is 2.38. The third-order valence-electron chi connectivity index (χ3n) is 5.39. The first-order valence-electron chi connectivity index (χ1n) is 11.3. The average molecular weight is 560 g/mol. The van der Waals surface area contributed by atoms with Gasteiger partial charge in [0.25, 0.3) is 0 Å². The van der Waals surface area contributed by atoms with E-state index in [1.54, 1.807) is 30.3 Å². The van der Waals surface area contributed by atoms with Gasteiger partial charge in [-0.25, -0.2) is 26.3 Å². The Hall–Kier alpha value is -4.78. The molecule has 4 aromatic rings. The van der Waals surface area contributed by atoms with Crippen LogP contribution in [0.5, 0.6) is 11.5 Å². The standard InChI is InChI=1S/C30H16F8O2/c1-2-11-39-20-8-5-17(6-9-20)3-4-18-7-10-22(23(31)12-18)30(37,38)40-21-15-24(32)28(25(33)16-21)19-13-26(34)29(36)27(35)14-19/h2,5-10,12-16H,1,11H2. The van der Waals surface area contributed by atoms with Gasteiger partial charge in [-0.15, -0.1) is 0 Å². The molecule has 0 aliphatic rings. The van der Waals surface area contributed by atoms with Crippen molar-refractivity contribution in [2.45, 2.75) is 6.11 Å². The molecular weight excluding hydrogens is 544 g/mol. The maximum absolute atomic E-state index is 14.7. The van der Waals surface area contributed by atoms with Crippen molar-refractivity contribution in [3.63, 3.8) is 0 Å². The van der Waals surface area contributed by atoms with E-state index < -0.39 is 63.5 Å². The first-order valence-corrected chi connectivity index (χ1v) is 11.3. The number of ether oxygens (including phenoxy) is 2. The van der Waals surface area contributed by atoms with Gasteiger partial charge in [-0.05, 0) is 60.2 Å². The third kappa shape index (κ3) is 6.26. The SMILES string of the molecule is C=CCOc1ccc(C#Cc2ccc(C(F)(F)Oc3cc(F)c(-c4cc(F)c(F)c(F)c4)c(F)c3)c(F)c2)cc1. The molecule has 0 spiro atoms. The highest BCUT2D eigenvalue weighted by molar-refractivity contribution is 5.66. The van der Waals surface area contributed by atoms with Crippen molar-refractivity contribution < 1.29 is 44.6 Å². The maximum Gasteiger partial charge on any atom is 0.429 e. The van der Waals surface area contributed by atoms with Crippen LogP contribution in [0, 0.1) is 46.7 Å². The van der Waals surface area contributed by atoms with Crippen LogP contribution in [-0.2, 0) is 6.11 Å². The van der Waals surface area contributed by atoms with Crippen LogP contribution in [0.25, 0.3) is 11.1 Å². The fourth-order valence-corrected chi connectivity index (χ4v) is 3.55. The summed E-state index contributed by atoms with van der Waals surface area (Å²) in [4.78, 5) is 0. The lowest BCUT2D eigenvalue weighted by Crippen LogP contribution is -2.23. The van der Waals surface area contributed by atoms with E-state index in [-0.39, 0.29) is 5.56 Å². The summed E-state index contributed by atoms with van der Waals surface area (Å²) >= 11 is 0. The van der Waals surface area contributed by atoms with Crippen molar-refractivity contribution in [1.82, 2.24) is 0 Å². The summed E-state index contributed by atoms with van der Waals surface area (Å²) in [5, 5.41) is 0. The smallest absolute Gasteiger partial charge is 0.429 e. The maximum atomic E-state index is 14.7. The van der Waals surface area contributed by atoms with Crippen LogP contribution in [0.15, 0.2) is 79.4 Å². The van der Waals surface area contributed by atoms with Gasteiger partial charge in [0.05, 0.1) is 5.56 Å². The van der Waals surface area contributed by atoms with Gasteiger partial charge >= 0.3 is 6.11 Å². The first-order chi connectivity index (χ1) is 19.0. The van der Waals surface area contributed by atoms with Gasteiger partial charge in [-0.3, -0.25) is 0 Å². The zero-order chi connectivity index (χ0) is 29.0. The summed E-state index contributed by atoms with van der Waals surface area (Å²) in [5.74, 6) is -4.85. The van der Waals surface area contributed by atoms with Crippen LogP contribution in [-0.4, -0.2) is 6.61 Å². The van der Waals surface area contributed by atoms with Crippen LogP contribution in [0.2, 0.25) is 0 Å². The Morgan fingerprint density at radius 3 is 1.82 bits per heavy atom. The number of hydrogen-bond acceptors (Lipinski definition) is 2. The largest absolute Gasteiger partial charge is 0.490 e. The normalized spacial score (nSPS) is 11.0. The van der Waals surface area contributed by atoms with Crippen LogP contribution in [0.4, 0.5) is 35.1 Å². The van der Waals surface area contributed by atoms with Crippen LogP contribution >= 0.6 is 0 Å². The highest BCUT2D eigenvalue weighted by Crippen LogP contribution is 2.37. The quantitative estimate of drug-likeness (QED) is 0.0981. The number of benzene rings is 4. The van der Waals surface area contributed by atoms with Crippen LogP contribution in [0.3, 0.4) is 0 Å². The number of hydrogen-bond donors (Lipinski definition) is 0. The third-order valence-corrected chi connectivity index (χ3v) is 5.39. The highest BCUT2D eigenvalue weighted by atomic mass is 19.3. The van der Waals surface area contributed by atoms with Crippen LogP contribution < -0.4 is 9.47 Å². The molecule has 10 heteroatoms. The molecule has 204 valence electrons. The molecule has 0 heterocycles. The summed E-state index contributed by atoms with van der Waals surface area (Å²) in [6, 6.07) is 10.5. The lowest BCUT2D eigenvalue weighted by atomic mass is 10.0. The van der Waals surface area contributed by atoms with Crippen molar-refractivity contribution in [2.24, 2.45) is 0 Å². The molecular formula is C30H16F8O2. The topological polar surface area (TPSA) is 18.5 Å². The van der Waals surface area contributed by atoms with Gasteiger partial charge in [0.1, 0.15) is 41.1 Å². The Morgan fingerprint density at radius 1 is 0.675 bits per heavy atom. The molecule has 0 atom stereocenters. The Labute approximate surface area is 223 Å². The molecule has 0 aromatic heterocycles. The van der Waals surface area contributed by atoms with Crippen molar-refractivity contribution in [2.75, 3.05) is 6.61 Å². The molecule has 0 bridgehead atoms. The van der Waals surface area contributed by atoms with E-state index in [9.17, 15) is 35.1 Å². The summed E-state index contributed by atoms with van der Waals surface area (Å²) < 4.78 is 123. The van der Waals surface area contributed by atoms with E-state index in [1.165, 1.54) is 0 Å². The van der Waals surface area contributed by atoms with Gasteiger partial charge in [0, 0.05) is 23.3 Å². The molecule has 0 fully saturated rings. The van der Waals surface area contributed by atoms with Gasteiger partial charge in [-0.2, -0.15) is 8.78 Å². The monoisotopic (exact) mass is 560 g/mol. The zero-order valence-corrected chi connectivity index (χ0v) is 20.2. The van der Waals surface area contributed by atoms with E-state index in [4.69, 9.17) is 4.74 Å². The molecule has 0 N–H and O–H groups in total. The molecule has 0 aliphatic carbocycles. The van der Waals surface area contributed by atoms with E-state index in [0.717, 1.165) is 12.1 Å². The lowest BCUT2D eigenvalue weighted by Gasteiger charge is -2.19. The zero-order valence-electron chi connectivity index (χ0n) is 20.2. The number of rotatable bonds is 7. The predicted molar refractivity (Wildman–Crippen MR) is 131 cm³/mol. The second-order valence-electron chi connectivity index (χ2n) is 8.20. The molecule has 0 amide bonds. The average Bonchev–Trinajstić information content (AvgIpc) is 2.89. The molecule has 2 nitrogen and oxygen atoms in total. The van der Waals surface area contributed by atoms with Crippen molar-refractivity contribution in [3.05, 3.63) is 131 Å². The molecule has 0 saturated carbocycles. The summed E-state index contributed by atoms with van der Waals surface area (Å²) in [6.45, 7) is 3.86. The summed E-state index contributed by atoms with van der Waals surface area (Å²) in [6.07, 6.45) is -2.80. The predicted octanol–water partition coefficient (Wildman–Crippen LogP) is 8.28. The van der Waals surface area contributed by atoms with Gasteiger partial charge in [0.2, 0.25) is 0 Å². The first kappa shape index (κ1) is 28.2. The van der Waals surface area contributed by atoms with E-state index in [1.807, 2.05) is 0 Å². The molecule has 0 saturated heterocycles. The molecule has 4 aromatic carbocycles. The van der Waals surface area contributed by atoms with Crippen molar-refractivity contribution in [3.8, 4) is 34.5 Å². The van der Waals surface area contributed by atoms with Crippen molar-refractivity contribution in [1.29, 1.82) is 0 Å². The fourth-order valence-electron chi connectivity index (χ4n) is 3.55. The Bertz CT molecular complexity index is 1590. The molecule has 0 unspecified atom stereocenters. The summed E-state index contributed by atoms with van der Waals surface area (Å²) in [5.41, 5.74) is -2.37. The summed E-state index contributed by atoms with van der Waals surface area (Å²) in [7, 11) is 0. The Morgan fingerprint density at radius 2 is 1.25 bits per heavy atom. The molecule has 40 heavy (non-hydrogen) atoms. The van der Waals surface area contributed by atoms with E-state index in [0.29, 0.717) is 48.3 Å². The second kappa shape index (κ2) is 11.5. The lowest BCUT2D eigenvalue weighted by molar-refractivity contribution is -0.187. The van der Waals surface area contributed by atoms with Crippen molar-refractivity contribution >= 4 is 0 Å². The molecule has 0 aliphatic heterocycles.